The van der Waals surface area contributed by atoms with Crippen LogP contribution < -0.4 is 4.74 Å². The Morgan fingerprint density at radius 1 is 0.906 bits per heavy atom. The first-order chi connectivity index (χ1) is 15.4. The van der Waals surface area contributed by atoms with Crippen molar-refractivity contribution in [1.29, 1.82) is 0 Å². The Kier molecular flexibility index (Phi) is 8.03. The van der Waals surface area contributed by atoms with Gasteiger partial charge in [-0.3, -0.25) is 8.98 Å². The van der Waals surface area contributed by atoms with E-state index in [1.807, 2.05) is 37.3 Å². The van der Waals surface area contributed by atoms with Gasteiger partial charge in [0.1, 0.15) is 18.5 Å². The zero-order valence-electron chi connectivity index (χ0n) is 18.1. The molecule has 0 amide bonds. The Hall–Kier alpha value is -3.16. The molecule has 0 N–H and O–H groups in total. The summed E-state index contributed by atoms with van der Waals surface area (Å²) in [4.78, 5) is 12.1. The van der Waals surface area contributed by atoms with Crippen LogP contribution in [0.25, 0.3) is 0 Å². The average molecular weight is 455 g/mol. The summed E-state index contributed by atoms with van der Waals surface area (Å²) in [6.07, 6.45) is -1.26. The van der Waals surface area contributed by atoms with E-state index in [4.69, 9.17) is 13.7 Å². The molecule has 1 atom stereocenters. The Bertz CT molecular complexity index is 1110. The smallest absolute Gasteiger partial charge is 0.308 e. The van der Waals surface area contributed by atoms with Gasteiger partial charge in [0.25, 0.3) is 10.1 Å². The van der Waals surface area contributed by atoms with Gasteiger partial charge in [-0.25, -0.2) is 0 Å². The fourth-order valence-corrected chi connectivity index (χ4v) is 4.08. The van der Waals surface area contributed by atoms with E-state index in [1.54, 1.807) is 43.3 Å². The second kappa shape index (κ2) is 10.9. The van der Waals surface area contributed by atoms with Crippen LogP contribution in [0.2, 0.25) is 0 Å². The topological polar surface area (TPSA) is 78.9 Å². The second-order valence-corrected chi connectivity index (χ2v) is 8.78. The molecule has 3 aromatic carbocycles. The zero-order valence-corrected chi connectivity index (χ0v) is 18.9. The lowest BCUT2D eigenvalue weighted by atomic mass is 10.1. The number of carbonyl (C=O) groups is 1. The molecule has 1 unspecified atom stereocenters. The van der Waals surface area contributed by atoms with Gasteiger partial charge in [0.05, 0.1) is 17.9 Å². The van der Waals surface area contributed by atoms with Crippen LogP contribution in [0, 0.1) is 6.92 Å². The van der Waals surface area contributed by atoms with E-state index in [1.165, 1.54) is 12.1 Å². The minimum Gasteiger partial charge on any atom is -0.489 e. The van der Waals surface area contributed by atoms with Crippen LogP contribution in [0.3, 0.4) is 0 Å². The zero-order chi connectivity index (χ0) is 23.0. The van der Waals surface area contributed by atoms with Crippen LogP contribution >= 0.6 is 0 Å². The molecule has 6 nitrogen and oxygen atoms in total. The number of carbonyl (C=O) groups excluding carboxylic acids is 1. The Labute approximate surface area is 188 Å². The Morgan fingerprint density at radius 2 is 1.56 bits per heavy atom. The highest BCUT2D eigenvalue weighted by atomic mass is 32.2. The van der Waals surface area contributed by atoms with Gasteiger partial charge in [0, 0.05) is 0 Å². The largest absolute Gasteiger partial charge is 0.489 e. The van der Waals surface area contributed by atoms with E-state index < -0.39 is 22.2 Å². The van der Waals surface area contributed by atoms with Crippen molar-refractivity contribution in [2.45, 2.75) is 37.9 Å². The average Bonchev–Trinajstić information content (AvgIpc) is 2.79. The van der Waals surface area contributed by atoms with Crippen LogP contribution in [0.5, 0.6) is 5.75 Å². The number of benzene rings is 3. The lowest BCUT2D eigenvalue weighted by molar-refractivity contribution is -0.145. The van der Waals surface area contributed by atoms with Crippen molar-refractivity contribution >= 4 is 16.1 Å². The molecule has 3 aromatic rings. The molecule has 0 aliphatic heterocycles. The second-order valence-electron chi connectivity index (χ2n) is 7.20. The summed E-state index contributed by atoms with van der Waals surface area (Å²) in [6.45, 7) is 4.16. The molecule has 0 aliphatic carbocycles. The lowest BCUT2D eigenvalue weighted by Crippen LogP contribution is -2.17. The maximum absolute atomic E-state index is 12.8. The van der Waals surface area contributed by atoms with Gasteiger partial charge in [-0.15, -0.1) is 0 Å². The standard InChI is InChI=1S/C25H26O6S/c1-3-29-25(26)17-24(31-32(27,28)23-15-9-19(2)10-16-23)21-11-13-22(14-12-21)30-18-20-7-5-4-6-8-20/h4-16,24H,3,17-18H2,1-2H3. The number of hydrogen-bond acceptors (Lipinski definition) is 6. The number of ether oxygens (including phenoxy) is 2. The summed E-state index contributed by atoms with van der Waals surface area (Å²) in [5.41, 5.74) is 2.49. The maximum atomic E-state index is 12.8. The first-order valence-corrected chi connectivity index (χ1v) is 11.7. The Balaban J connectivity index is 1.77. The summed E-state index contributed by atoms with van der Waals surface area (Å²) in [6, 6.07) is 22.9. The van der Waals surface area contributed by atoms with Gasteiger partial charge in [0.15, 0.2) is 0 Å². The molecule has 0 spiro atoms. The van der Waals surface area contributed by atoms with Gasteiger partial charge in [0.2, 0.25) is 0 Å². The van der Waals surface area contributed by atoms with Crippen molar-refractivity contribution in [3.63, 3.8) is 0 Å². The van der Waals surface area contributed by atoms with Gasteiger partial charge >= 0.3 is 5.97 Å². The van der Waals surface area contributed by atoms with Crippen LogP contribution in [-0.2, 0) is 30.4 Å². The third-order valence-electron chi connectivity index (χ3n) is 4.71. The SMILES string of the molecule is CCOC(=O)CC(OS(=O)(=O)c1ccc(C)cc1)c1ccc(OCc2ccccc2)cc1. The molecule has 7 heteroatoms. The monoisotopic (exact) mass is 454 g/mol. The molecular formula is C25H26O6S. The fourth-order valence-electron chi connectivity index (χ4n) is 3.01. The van der Waals surface area contributed by atoms with E-state index in [9.17, 15) is 13.2 Å². The molecule has 0 bridgehead atoms. The number of aryl methyl sites for hydroxylation is 1. The van der Waals surface area contributed by atoms with Crippen molar-refractivity contribution in [2.24, 2.45) is 0 Å². The van der Waals surface area contributed by atoms with Crippen LogP contribution in [-0.4, -0.2) is 21.0 Å². The lowest BCUT2D eigenvalue weighted by Gasteiger charge is -2.18. The summed E-state index contributed by atoms with van der Waals surface area (Å²) >= 11 is 0. The van der Waals surface area contributed by atoms with E-state index in [2.05, 4.69) is 0 Å². The molecule has 0 aliphatic rings. The van der Waals surface area contributed by atoms with E-state index in [0.717, 1.165) is 11.1 Å². The maximum Gasteiger partial charge on any atom is 0.308 e. The molecule has 3 rings (SSSR count). The van der Waals surface area contributed by atoms with E-state index in [0.29, 0.717) is 17.9 Å². The predicted octanol–water partition coefficient (Wildman–Crippen LogP) is 4.97. The molecule has 0 saturated heterocycles. The molecule has 0 fully saturated rings. The van der Waals surface area contributed by atoms with Crippen LogP contribution in [0.1, 0.15) is 36.1 Å². The third kappa shape index (κ3) is 6.67. The van der Waals surface area contributed by atoms with E-state index in [-0.39, 0.29) is 17.9 Å². The van der Waals surface area contributed by atoms with Crippen molar-refractivity contribution < 1.29 is 26.9 Å². The minimum atomic E-state index is -4.08. The number of hydrogen-bond donors (Lipinski definition) is 0. The first kappa shape index (κ1) is 23.5. The molecule has 0 saturated carbocycles. The molecule has 0 heterocycles. The van der Waals surface area contributed by atoms with Crippen molar-refractivity contribution in [3.05, 3.63) is 95.6 Å². The molecule has 32 heavy (non-hydrogen) atoms. The van der Waals surface area contributed by atoms with Crippen LogP contribution in [0.15, 0.2) is 83.8 Å². The van der Waals surface area contributed by atoms with Crippen molar-refractivity contribution in [3.8, 4) is 5.75 Å². The molecule has 168 valence electrons. The molecular weight excluding hydrogens is 428 g/mol. The van der Waals surface area contributed by atoms with Crippen molar-refractivity contribution in [1.82, 2.24) is 0 Å². The summed E-state index contributed by atoms with van der Waals surface area (Å²) < 4.78 is 41.8. The van der Waals surface area contributed by atoms with Crippen molar-refractivity contribution in [2.75, 3.05) is 6.61 Å². The summed E-state index contributed by atoms with van der Waals surface area (Å²) in [7, 11) is -4.08. The summed E-state index contributed by atoms with van der Waals surface area (Å²) in [5, 5.41) is 0. The van der Waals surface area contributed by atoms with E-state index >= 15 is 0 Å². The quantitative estimate of drug-likeness (QED) is 0.318. The fraction of sp³-hybridized carbons (Fsp3) is 0.240. The molecule has 0 aromatic heterocycles. The van der Waals surface area contributed by atoms with Gasteiger partial charge in [-0.05, 0) is 49.2 Å². The number of rotatable bonds is 10. The first-order valence-electron chi connectivity index (χ1n) is 10.3. The minimum absolute atomic E-state index is 0.0276. The summed E-state index contributed by atoms with van der Waals surface area (Å²) in [5.74, 6) is 0.0786. The highest BCUT2D eigenvalue weighted by Crippen LogP contribution is 2.29. The van der Waals surface area contributed by atoms with Gasteiger partial charge in [-0.2, -0.15) is 8.42 Å². The Morgan fingerprint density at radius 3 is 2.19 bits per heavy atom. The predicted molar refractivity (Wildman–Crippen MR) is 121 cm³/mol. The highest BCUT2D eigenvalue weighted by Gasteiger charge is 2.26. The van der Waals surface area contributed by atoms with Gasteiger partial charge < -0.3 is 9.47 Å². The number of esters is 1. The van der Waals surface area contributed by atoms with Crippen LogP contribution in [0.4, 0.5) is 0 Å². The van der Waals surface area contributed by atoms with Gasteiger partial charge in [-0.1, -0.05) is 60.2 Å². The normalized spacial score (nSPS) is 12.2. The highest BCUT2D eigenvalue weighted by molar-refractivity contribution is 7.86. The molecule has 0 radical (unpaired) electrons. The third-order valence-corrected chi connectivity index (χ3v) is 6.05.